The van der Waals surface area contributed by atoms with E-state index in [4.69, 9.17) is 90.4 Å². The van der Waals surface area contributed by atoms with E-state index in [1.165, 1.54) is 7.11 Å². The molecule has 5 saturated heterocycles. The van der Waals surface area contributed by atoms with Gasteiger partial charge in [0.1, 0.15) is 36.6 Å². The summed E-state index contributed by atoms with van der Waals surface area (Å²) in [6, 6.07) is -3.60. The number of rotatable bonds is 22. The summed E-state index contributed by atoms with van der Waals surface area (Å²) in [7, 11) is -35.2. The number of nitrogens with one attached hydrogen (secondary N) is 3. The molecule has 60 heteroatoms. The van der Waals surface area contributed by atoms with Crippen LogP contribution in [0.4, 0.5) is 0 Å². The van der Waals surface area contributed by atoms with Crippen LogP contribution in [-0.2, 0) is 142 Å². The van der Waals surface area contributed by atoms with Crippen LogP contribution >= 0.6 is 0 Å². The summed E-state index contributed by atoms with van der Waals surface area (Å²) in [4.78, 5) is 20.7. The molecule has 0 bridgehead atoms. The van der Waals surface area contributed by atoms with Gasteiger partial charge >= 0.3 is 94.8 Å². The van der Waals surface area contributed by atoms with Crippen LogP contribution in [0.5, 0.6) is 0 Å². The molecule has 0 spiro atoms. The Morgan fingerprint density at radius 2 is 0.750 bits per heavy atom. The van der Waals surface area contributed by atoms with E-state index >= 15 is 0 Å². The minimum atomic E-state index is -4.96. The first-order valence-corrected chi connectivity index (χ1v) is 34.2. The largest absolute Gasteiger partial charge is 0.479 e. The molecule has 52 nitrogen and oxygen atoms in total. The Kier molecular flexibility index (Phi) is 57.0. The van der Waals surface area contributed by atoms with Crippen LogP contribution in [0, 0.1) is 0 Å². The van der Waals surface area contributed by atoms with E-state index in [0.717, 1.165) is 7.11 Å². The number of ether oxygens (including phenoxy) is 6. The molecule has 0 radical (unpaired) electrons. The number of carboxylic acids is 2. The van der Waals surface area contributed by atoms with Gasteiger partial charge in [0.2, 0.25) is 0 Å². The second-order valence-electron chi connectivity index (χ2n) is 17.4. The number of carbonyl (C=O) groups is 2. The molecule has 10 unspecified atom stereocenters. The third-order valence-corrected chi connectivity index (χ3v) is 14.7. The normalized spacial score (nSPS) is 28.3. The zero-order chi connectivity index (χ0) is 68.8. The molecule has 5 fully saturated rings. The molecule has 5 aliphatic rings. The number of hydrogen-bond donors (Lipinski definition) is 19. The van der Waals surface area contributed by atoms with Crippen molar-refractivity contribution >= 4 is 94.8 Å². The van der Waals surface area contributed by atoms with Gasteiger partial charge in [0.25, 0.3) is 0 Å². The molecule has 96 heavy (non-hydrogen) atoms. The van der Waals surface area contributed by atoms with Crippen molar-refractivity contribution in [2.45, 2.75) is 153 Å². The predicted octanol–water partition coefficient (Wildman–Crippen LogP) is -11.6. The molecule has 27 N–H and O–H groups in total. The van der Waals surface area contributed by atoms with Crippen molar-refractivity contribution in [3.8, 4) is 0 Å². The number of hydrogen-bond acceptors (Lipinski definition) is 35. The van der Waals surface area contributed by atoms with Crippen molar-refractivity contribution < 1.29 is 225 Å². The molecule has 5 aliphatic heterocycles. The average molecular weight is 1600 g/mol. The standard InChI is InChI=1S/C7H15NO10S2.C6H13NO12S3.C6H13NO9S2.C6H10O8S.C6H10O5.CH4O.4CH4.4H2O/c1-16-7-5(3-18-20(13,14)15)17-2-4(6(7)9)8-19(10,11)12;8-20(9,10)7-5-3-17-4(2-18-21(11,12)13)1-6(5)19-22(14,15)16;8-6-1-4(2-16-18(12,13)14)15-3-5(6)7-17(9,10)11;7-3-1-4(6(8)9)13-2-5(3)14-15(10,11)12;7-3-1-5(6(9)10)11-2-4(3)8;1-2;;;;;;;;/h4-9H,2-3H2,1H3,(H,10,11,12)(H,13,14,15);4-7H,1-3H2,(H,8,9,10)(H,11,12,13)(H,14,15,16);4-8H,1-3H2,(H,9,10,11)(H,12,13,14);3-5,7H,1-2H2,(H,8,9)(H,10,11,12);3-5,7-8H,1-2H2,(H,9,10);2H,1H3;4*1H4;4*1H2/t4?,5?,6-,7+;2*4?,5?,6-;2*3-,4?,5?;;;;;;;;;/m01111........./s1. The summed E-state index contributed by atoms with van der Waals surface area (Å²) in [6.07, 6.45) is -15.8. The first-order chi connectivity index (χ1) is 39.8. The number of aliphatic hydroxyl groups is 6. The fourth-order valence-electron chi connectivity index (χ4n) is 6.99. The number of aliphatic hydroxyl groups excluding tert-OH is 6. The molecule has 590 valence electrons. The maximum Gasteiger partial charge on any atom is 0.397 e. The lowest BCUT2D eigenvalue weighted by atomic mass is 9.99. The maximum absolute atomic E-state index is 10.7. The minimum Gasteiger partial charge on any atom is -0.479 e. The Balaban J connectivity index is -0.000000139. The van der Waals surface area contributed by atoms with Crippen LogP contribution in [0.15, 0.2) is 0 Å². The van der Waals surface area contributed by atoms with Gasteiger partial charge in [-0.05, 0) is 0 Å². The summed E-state index contributed by atoms with van der Waals surface area (Å²) >= 11 is 0. The van der Waals surface area contributed by atoms with E-state index in [2.05, 4.69) is 20.9 Å². The lowest BCUT2D eigenvalue weighted by Gasteiger charge is -2.38. The highest BCUT2D eigenvalue weighted by atomic mass is 32.3. The number of methoxy groups -OCH3 is 1. The van der Waals surface area contributed by atoms with Crippen LogP contribution < -0.4 is 14.2 Å². The highest BCUT2D eigenvalue weighted by Crippen LogP contribution is 2.23. The second kappa shape index (κ2) is 49.0. The number of aliphatic carboxylic acids is 2. The molecule has 0 amide bonds. The summed E-state index contributed by atoms with van der Waals surface area (Å²) in [5.74, 6) is -2.35. The minimum absolute atomic E-state index is 0. The van der Waals surface area contributed by atoms with Gasteiger partial charge in [-0.15, -0.1) is 0 Å². The molecular formula is C36H89N3O49S8. The van der Waals surface area contributed by atoms with Crippen molar-refractivity contribution in [1.29, 1.82) is 0 Å². The summed E-state index contributed by atoms with van der Waals surface area (Å²) < 4.78 is 291. The first-order valence-electron chi connectivity index (χ1n) is 23.1. The van der Waals surface area contributed by atoms with E-state index in [1.807, 2.05) is 0 Å². The van der Waals surface area contributed by atoms with Crippen LogP contribution in [-0.4, -0.2) is 343 Å². The van der Waals surface area contributed by atoms with E-state index in [1.54, 1.807) is 14.2 Å². The molecule has 0 aromatic rings. The van der Waals surface area contributed by atoms with Gasteiger partial charge < -0.3 is 91.2 Å². The van der Waals surface area contributed by atoms with Crippen LogP contribution in [0.3, 0.4) is 0 Å². The van der Waals surface area contributed by atoms with Crippen molar-refractivity contribution in [3.63, 3.8) is 0 Å². The summed E-state index contributed by atoms with van der Waals surface area (Å²) in [6.45, 7) is -3.54. The van der Waals surface area contributed by atoms with E-state index in [0.29, 0.717) is 0 Å². The lowest BCUT2D eigenvalue weighted by molar-refractivity contribution is -0.168. The Morgan fingerprint density at radius 3 is 1.10 bits per heavy atom. The van der Waals surface area contributed by atoms with E-state index < -0.39 is 232 Å². The van der Waals surface area contributed by atoms with Gasteiger partial charge in [0, 0.05) is 39.9 Å². The third-order valence-electron chi connectivity index (χ3n) is 10.7. The van der Waals surface area contributed by atoms with Gasteiger partial charge in [0.05, 0.1) is 102 Å². The average Bonchev–Trinajstić information content (AvgIpc) is 0.982. The zero-order valence-corrected chi connectivity index (χ0v) is 53.0. The molecule has 16 atom stereocenters. The van der Waals surface area contributed by atoms with Gasteiger partial charge in [-0.25, -0.2) is 30.5 Å². The summed E-state index contributed by atoms with van der Waals surface area (Å²) in [5.41, 5.74) is 0. The molecular weight excluding hydrogens is 1510 g/mol. The van der Waals surface area contributed by atoms with Gasteiger partial charge in [-0.1, -0.05) is 29.7 Å². The quantitative estimate of drug-likeness (QED) is 0.0448. The Bertz CT molecular complexity index is 3090. The van der Waals surface area contributed by atoms with Crippen LogP contribution in [0.1, 0.15) is 55.4 Å². The predicted molar refractivity (Wildman–Crippen MR) is 314 cm³/mol. The van der Waals surface area contributed by atoms with E-state index in [9.17, 15) is 92.3 Å². The van der Waals surface area contributed by atoms with Gasteiger partial charge in [0.15, 0.2) is 12.2 Å². The smallest absolute Gasteiger partial charge is 0.397 e. The molecule has 5 rings (SSSR count). The first kappa shape index (κ1) is 112. The van der Waals surface area contributed by atoms with Crippen LogP contribution in [0.2, 0.25) is 0 Å². The monoisotopic (exact) mass is 1600 g/mol. The van der Waals surface area contributed by atoms with Gasteiger partial charge in [-0.3, -0.25) is 36.4 Å². The molecule has 5 heterocycles. The maximum atomic E-state index is 10.7. The second-order valence-corrected chi connectivity index (χ2v) is 26.3. The summed E-state index contributed by atoms with van der Waals surface area (Å²) in [5, 5.41) is 70.6. The molecule has 0 aliphatic carbocycles. The van der Waals surface area contributed by atoms with Crippen LogP contribution in [0.25, 0.3) is 0 Å². The van der Waals surface area contributed by atoms with Crippen molar-refractivity contribution in [2.24, 2.45) is 0 Å². The van der Waals surface area contributed by atoms with E-state index in [-0.39, 0.29) is 90.7 Å². The molecule has 0 aromatic carbocycles. The number of carboxylic acid groups (broad SMARTS) is 2. The zero-order valence-electron chi connectivity index (χ0n) is 46.5. The van der Waals surface area contributed by atoms with Gasteiger partial charge in [-0.2, -0.15) is 81.5 Å². The molecule has 0 aromatic heterocycles. The Morgan fingerprint density at radius 1 is 0.406 bits per heavy atom. The third kappa shape index (κ3) is 52.3. The Hall–Kier alpha value is -2.74. The van der Waals surface area contributed by atoms with Crippen molar-refractivity contribution in [1.82, 2.24) is 14.2 Å². The molecule has 0 saturated carbocycles. The SMILES string of the molecule is C.C.C.C.CO.CO[C@@H]1C(COS(=O)(=O)O)OCC(NS(=O)(=O)O)[C@@H]1O.O.O.O.O.O=C(O)C1C[C@@H](O)C(O)CO1.O=C(O)C1C[C@@H](O)C(OS(=O)(=O)O)CO1.O=S(=O)(O)NC1COC(COS(=O)(=O)O)C[C@H]1O.O=S(=O)(O)NC1COC(COS(=O)(=O)O)C[C@H]1OS(=O)(=O)O. The highest BCUT2D eigenvalue weighted by molar-refractivity contribution is 7.84. The lowest BCUT2D eigenvalue weighted by Crippen LogP contribution is -2.60. The fraction of sp³-hybridized carbons (Fsp3) is 0.944. The highest BCUT2D eigenvalue weighted by Gasteiger charge is 2.43. The van der Waals surface area contributed by atoms with Crippen molar-refractivity contribution in [2.75, 3.05) is 67.1 Å². The fourth-order valence-corrected chi connectivity index (χ4v) is 10.8. The topological polar surface area (TPSA) is 895 Å². The van der Waals surface area contributed by atoms with Crippen molar-refractivity contribution in [3.05, 3.63) is 0 Å². The Labute approximate surface area is 552 Å².